The van der Waals surface area contributed by atoms with E-state index in [1.165, 1.54) is 16.8 Å². The fraction of sp³-hybridized carbons (Fsp3) is 0.222. The van der Waals surface area contributed by atoms with E-state index >= 15 is 0 Å². The zero-order chi connectivity index (χ0) is 11.1. The van der Waals surface area contributed by atoms with Gasteiger partial charge < -0.3 is 10.1 Å². The Morgan fingerprint density at radius 3 is 2.80 bits per heavy atom. The van der Waals surface area contributed by atoms with E-state index in [1.807, 2.05) is 0 Å². The van der Waals surface area contributed by atoms with Gasteiger partial charge in [-0.05, 0) is 12.1 Å². The first-order chi connectivity index (χ1) is 6.97. The van der Waals surface area contributed by atoms with Gasteiger partial charge in [0.1, 0.15) is 0 Å². The minimum atomic E-state index is -4.24. The van der Waals surface area contributed by atoms with Gasteiger partial charge >= 0.3 is 6.18 Å². The number of nitrogen functional groups attached to an aromatic ring is 1. The molecule has 0 aliphatic carbocycles. The molecule has 2 rings (SSSR count). The molecule has 2 heterocycles. The van der Waals surface area contributed by atoms with Crippen LogP contribution < -0.4 is 5.73 Å². The summed E-state index contributed by atoms with van der Waals surface area (Å²) < 4.78 is 37.9. The van der Waals surface area contributed by atoms with Crippen LogP contribution in [0.4, 0.5) is 18.9 Å². The maximum Gasteiger partial charge on any atom is 0.394 e. The highest BCUT2D eigenvalue weighted by atomic mass is 19.4. The molecular formula is C9H8F3N3. The van der Waals surface area contributed by atoms with Crippen LogP contribution in [-0.2, 0) is 6.42 Å². The summed E-state index contributed by atoms with van der Waals surface area (Å²) in [7, 11) is 0. The van der Waals surface area contributed by atoms with E-state index in [4.69, 9.17) is 5.73 Å². The third-order valence-electron chi connectivity index (χ3n) is 2.02. The average Bonchev–Trinajstić information content (AvgIpc) is 2.48. The standard InChI is InChI=1S/C9H8F3N3/c10-9(11,12)4-6-5-14-8-7(13)2-1-3-15(6)8/h1-3,5H,4,13H2. The molecule has 0 aliphatic heterocycles. The second-order valence-electron chi connectivity index (χ2n) is 3.20. The van der Waals surface area contributed by atoms with Gasteiger partial charge in [0.2, 0.25) is 0 Å². The van der Waals surface area contributed by atoms with Gasteiger partial charge in [-0.3, -0.25) is 0 Å². The minimum absolute atomic E-state index is 0.0878. The van der Waals surface area contributed by atoms with Gasteiger partial charge in [-0.2, -0.15) is 13.2 Å². The van der Waals surface area contributed by atoms with Crippen LogP contribution in [0.5, 0.6) is 0 Å². The summed E-state index contributed by atoms with van der Waals surface area (Å²) in [6.07, 6.45) is -2.53. The minimum Gasteiger partial charge on any atom is -0.396 e. The number of rotatable bonds is 1. The van der Waals surface area contributed by atoms with Gasteiger partial charge in [0.15, 0.2) is 5.65 Å². The Balaban J connectivity index is 2.50. The van der Waals surface area contributed by atoms with Gasteiger partial charge in [-0.15, -0.1) is 0 Å². The Kier molecular flexibility index (Phi) is 2.06. The Morgan fingerprint density at radius 2 is 2.13 bits per heavy atom. The molecule has 0 saturated carbocycles. The molecule has 2 N–H and O–H groups in total. The zero-order valence-electron chi connectivity index (χ0n) is 7.62. The van der Waals surface area contributed by atoms with Crippen molar-refractivity contribution in [2.75, 3.05) is 5.73 Å². The number of hydrogen-bond donors (Lipinski definition) is 1. The topological polar surface area (TPSA) is 43.3 Å². The number of aromatic nitrogens is 2. The molecular weight excluding hydrogens is 207 g/mol. The second-order valence-corrected chi connectivity index (χ2v) is 3.20. The number of imidazole rings is 1. The summed E-state index contributed by atoms with van der Waals surface area (Å²) in [5.74, 6) is 0. The number of hydrogen-bond acceptors (Lipinski definition) is 2. The van der Waals surface area contributed by atoms with Crippen LogP contribution in [0.3, 0.4) is 0 Å². The lowest BCUT2D eigenvalue weighted by molar-refractivity contribution is -0.127. The normalized spacial score (nSPS) is 12.2. The molecule has 0 bridgehead atoms. The molecule has 3 nitrogen and oxygen atoms in total. The molecule has 0 aliphatic rings. The summed E-state index contributed by atoms with van der Waals surface area (Å²) in [6, 6.07) is 3.18. The van der Waals surface area contributed by atoms with E-state index in [1.54, 1.807) is 12.1 Å². The molecule has 0 atom stereocenters. The molecule has 0 saturated heterocycles. The lowest BCUT2D eigenvalue weighted by Gasteiger charge is -2.05. The van der Waals surface area contributed by atoms with Crippen molar-refractivity contribution in [3.63, 3.8) is 0 Å². The average molecular weight is 215 g/mol. The Bertz CT molecular complexity index is 487. The lowest BCUT2D eigenvalue weighted by atomic mass is 10.3. The largest absolute Gasteiger partial charge is 0.396 e. The van der Waals surface area contributed by atoms with Crippen LogP contribution in [0.1, 0.15) is 5.69 Å². The molecule has 80 valence electrons. The Labute approximate surface area is 83.3 Å². The summed E-state index contributed by atoms with van der Waals surface area (Å²) in [6.45, 7) is 0. The van der Waals surface area contributed by atoms with Crippen molar-refractivity contribution in [2.24, 2.45) is 0 Å². The number of pyridine rings is 1. The molecule has 0 spiro atoms. The number of halogens is 3. The van der Waals surface area contributed by atoms with E-state index in [-0.39, 0.29) is 5.69 Å². The smallest absolute Gasteiger partial charge is 0.394 e. The van der Waals surface area contributed by atoms with Crippen LogP contribution in [-0.4, -0.2) is 15.6 Å². The maximum atomic E-state index is 12.2. The van der Waals surface area contributed by atoms with E-state index in [9.17, 15) is 13.2 Å². The van der Waals surface area contributed by atoms with Crippen molar-refractivity contribution in [1.82, 2.24) is 9.38 Å². The third kappa shape index (κ3) is 1.88. The van der Waals surface area contributed by atoms with Gasteiger partial charge in [0.05, 0.1) is 17.8 Å². The number of anilines is 1. The van der Waals surface area contributed by atoms with E-state index in [2.05, 4.69) is 4.98 Å². The first-order valence-corrected chi connectivity index (χ1v) is 4.24. The summed E-state index contributed by atoms with van der Waals surface area (Å²) >= 11 is 0. The lowest BCUT2D eigenvalue weighted by Crippen LogP contribution is -2.13. The SMILES string of the molecule is Nc1cccn2c(CC(F)(F)F)cnc12. The first kappa shape index (κ1) is 9.82. The van der Waals surface area contributed by atoms with Crippen LogP contribution in [0.15, 0.2) is 24.5 Å². The van der Waals surface area contributed by atoms with Crippen LogP contribution in [0.25, 0.3) is 5.65 Å². The Hall–Kier alpha value is -1.72. The summed E-state index contributed by atoms with van der Waals surface area (Å²) in [4.78, 5) is 3.84. The highest BCUT2D eigenvalue weighted by molar-refractivity contribution is 5.64. The maximum absolute atomic E-state index is 12.2. The van der Waals surface area contributed by atoms with Gasteiger partial charge in [0, 0.05) is 12.4 Å². The predicted octanol–water partition coefficient (Wildman–Crippen LogP) is 2.02. The van der Waals surface area contributed by atoms with E-state index in [0.717, 1.165) is 0 Å². The summed E-state index contributed by atoms with van der Waals surface area (Å²) in [5.41, 5.74) is 6.38. The highest BCUT2D eigenvalue weighted by Gasteiger charge is 2.29. The number of nitrogens with two attached hydrogens (primary N) is 1. The molecule has 0 radical (unpaired) electrons. The molecule has 0 fully saturated rings. The third-order valence-corrected chi connectivity index (χ3v) is 2.02. The van der Waals surface area contributed by atoms with Crippen LogP contribution >= 0.6 is 0 Å². The van der Waals surface area contributed by atoms with Gasteiger partial charge in [-0.25, -0.2) is 4.98 Å². The van der Waals surface area contributed by atoms with Crippen molar-refractivity contribution in [2.45, 2.75) is 12.6 Å². The van der Waals surface area contributed by atoms with Crippen molar-refractivity contribution >= 4 is 11.3 Å². The monoisotopic (exact) mass is 215 g/mol. The van der Waals surface area contributed by atoms with Crippen molar-refractivity contribution in [3.05, 3.63) is 30.2 Å². The van der Waals surface area contributed by atoms with Crippen LogP contribution in [0, 0.1) is 0 Å². The van der Waals surface area contributed by atoms with E-state index in [0.29, 0.717) is 11.3 Å². The molecule has 2 aromatic rings. The number of nitrogens with zero attached hydrogens (tertiary/aromatic N) is 2. The van der Waals surface area contributed by atoms with Gasteiger partial charge in [0.25, 0.3) is 0 Å². The predicted molar refractivity (Wildman–Crippen MR) is 49.4 cm³/mol. The van der Waals surface area contributed by atoms with Crippen molar-refractivity contribution in [3.8, 4) is 0 Å². The molecule has 0 aromatic carbocycles. The fourth-order valence-electron chi connectivity index (χ4n) is 1.42. The number of fused-ring (bicyclic) bond motifs is 1. The molecule has 0 amide bonds. The summed E-state index contributed by atoms with van der Waals surface area (Å²) in [5, 5.41) is 0. The second kappa shape index (κ2) is 3.15. The van der Waals surface area contributed by atoms with Crippen molar-refractivity contribution < 1.29 is 13.2 Å². The number of alkyl halides is 3. The molecule has 15 heavy (non-hydrogen) atoms. The van der Waals surface area contributed by atoms with Gasteiger partial charge in [-0.1, -0.05) is 0 Å². The fourth-order valence-corrected chi connectivity index (χ4v) is 1.42. The molecule has 6 heteroatoms. The first-order valence-electron chi connectivity index (χ1n) is 4.24. The molecule has 2 aromatic heterocycles. The highest BCUT2D eigenvalue weighted by Crippen LogP contribution is 2.23. The molecule has 0 unspecified atom stereocenters. The quantitative estimate of drug-likeness (QED) is 0.790. The zero-order valence-corrected chi connectivity index (χ0v) is 7.62. The van der Waals surface area contributed by atoms with Crippen LogP contribution in [0.2, 0.25) is 0 Å². The van der Waals surface area contributed by atoms with Crippen molar-refractivity contribution in [1.29, 1.82) is 0 Å². The Morgan fingerprint density at radius 1 is 1.40 bits per heavy atom. The van der Waals surface area contributed by atoms with E-state index < -0.39 is 12.6 Å².